The largest absolute Gasteiger partial charge is 0.360 e. The summed E-state index contributed by atoms with van der Waals surface area (Å²) in [6.07, 6.45) is 1.25. The molecule has 0 unspecified atom stereocenters. The Labute approximate surface area is 179 Å². The van der Waals surface area contributed by atoms with Crippen molar-refractivity contribution in [2.45, 2.75) is 18.7 Å². The molecule has 2 aromatic carbocycles. The smallest absolute Gasteiger partial charge is 0.267 e. The summed E-state index contributed by atoms with van der Waals surface area (Å²) in [6.45, 7) is 3.58. The molecule has 9 nitrogen and oxygen atoms in total. The number of aromatic nitrogens is 1. The van der Waals surface area contributed by atoms with Crippen LogP contribution in [-0.4, -0.2) is 19.5 Å². The lowest BCUT2D eigenvalue weighted by Gasteiger charge is -2.07. The summed E-state index contributed by atoms with van der Waals surface area (Å²) in [4.78, 5) is 12.3. The molecule has 0 radical (unpaired) electrons. The normalized spacial score (nSPS) is 11.5. The minimum Gasteiger partial charge on any atom is -0.360 e. The van der Waals surface area contributed by atoms with Crippen molar-refractivity contribution in [2.75, 3.05) is 15.4 Å². The lowest BCUT2D eigenvalue weighted by molar-refractivity contribution is -0.112. The molecule has 0 aliphatic heterocycles. The van der Waals surface area contributed by atoms with Crippen LogP contribution < -0.4 is 15.4 Å². The van der Waals surface area contributed by atoms with E-state index in [4.69, 9.17) is 4.52 Å². The summed E-state index contributed by atoms with van der Waals surface area (Å²) in [5.74, 6) is -0.00482. The molecular weight excluding hydrogens is 418 g/mol. The predicted molar refractivity (Wildman–Crippen MR) is 116 cm³/mol. The molecule has 0 saturated carbocycles. The van der Waals surface area contributed by atoms with Crippen LogP contribution in [0.1, 0.15) is 11.3 Å². The molecule has 0 aliphatic rings. The van der Waals surface area contributed by atoms with Crippen LogP contribution in [0.4, 0.5) is 17.2 Å². The van der Waals surface area contributed by atoms with Gasteiger partial charge in [-0.25, -0.2) is 8.42 Å². The van der Waals surface area contributed by atoms with Crippen molar-refractivity contribution in [1.29, 1.82) is 5.26 Å². The predicted octanol–water partition coefficient (Wildman–Crippen LogP) is 3.55. The highest BCUT2D eigenvalue weighted by molar-refractivity contribution is 7.92. The van der Waals surface area contributed by atoms with E-state index in [0.29, 0.717) is 17.1 Å². The molecule has 158 valence electrons. The van der Waals surface area contributed by atoms with Gasteiger partial charge in [0.1, 0.15) is 17.4 Å². The number of rotatable bonds is 7. The Hall–Kier alpha value is -4.10. The van der Waals surface area contributed by atoms with Crippen LogP contribution in [0, 0.1) is 25.2 Å². The highest BCUT2D eigenvalue weighted by Gasteiger charge is 2.16. The maximum absolute atomic E-state index is 12.4. The molecule has 0 atom stereocenters. The lowest BCUT2D eigenvalue weighted by Crippen LogP contribution is -2.14. The third-order valence-electron chi connectivity index (χ3n) is 4.09. The Morgan fingerprint density at radius 2 is 1.71 bits per heavy atom. The van der Waals surface area contributed by atoms with Gasteiger partial charge < -0.3 is 15.2 Å². The second-order valence-electron chi connectivity index (χ2n) is 6.59. The molecule has 0 spiro atoms. The summed E-state index contributed by atoms with van der Waals surface area (Å²) in [5.41, 5.74) is 1.97. The second kappa shape index (κ2) is 9.15. The standard InChI is InChI=1S/C21H19N5O4S/c1-14-3-5-18(6-4-14)24-21(27)16(12-22)13-23-17-7-9-19(10-8-17)31(28,29)26-20-11-15(2)30-25-20/h3-11,13,23H,1-2H3,(H,24,27)(H,25,26)/b16-13-. The third-order valence-corrected chi connectivity index (χ3v) is 5.46. The van der Waals surface area contributed by atoms with Crippen molar-refractivity contribution in [3.8, 4) is 6.07 Å². The first-order chi connectivity index (χ1) is 14.8. The number of nitrogens with zero attached hydrogens (tertiary/aromatic N) is 2. The van der Waals surface area contributed by atoms with Gasteiger partial charge in [-0.05, 0) is 50.2 Å². The number of nitrogens with one attached hydrogen (secondary N) is 3. The minimum atomic E-state index is -3.84. The van der Waals surface area contributed by atoms with Gasteiger partial charge in [0, 0.05) is 23.6 Å². The highest BCUT2D eigenvalue weighted by Crippen LogP contribution is 2.18. The number of anilines is 3. The molecule has 1 aromatic heterocycles. The van der Waals surface area contributed by atoms with E-state index in [1.165, 1.54) is 36.5 Å². The maximum atomic E-state index is 12.4. The van der Waals surface area contributed by atoms with Gasteiger partial charge in [-0.2, -0.15) is 5.26 Å². The zero-order valence-electron chi connectivity index (χ0n) is 16.7. The number of carbonyl (C=O) groups is 1. The Morgan fingerprint density at radius 3 is 2.29 bits per heavy atom. The van der Waals surface area contributed by atoms with Crippen LogP contribution in [0.3, 0.4) is 0 Å². The molecule has 3 aromatic rings. The van der Waals surface area contributed by atoms with E-state index in [0.717, 1.165) is 5.56 Å². The first kappa shape index (κ1) is 21.6. The van der Waals surface area contributed by atoms with E-state index < -0.39 is 15.9 Å². The van der Waals surface area contributed by atoms with E-state index in [9.17, 15) is 18.5 Å². The molecule has 0 fully saturated rings. The molecule has 31 heavy (non-hydrogen) atoms. The van der Waals surface area contributed by atoms with Crippen LogP contribution in [0.2, 0.25) is 0 Å². The van der Waals surface area contributed by atoms with E-state index in [-0.39, 0.29) is 16.3 Å². The molecule has 3 N–H and O–H groups in total. The van der Waals surface area contributed by atoms with Gasteiger partial charge in [0.25, 0.3) is 15.9 Å². The minimum absolute atomic E-state index is 0.0142. The number of hydrogen-bond donors (Lipinski definition) is 3. The van der Waals surface area contributed by atoms with Gasteiger partial charge in [0.15, 0.2) is 5.82 Å². The Morgan fingerprint density at radius 1 is 1.06 bits per heavy atom. The van der Waals surface area contributed by atoms with Crippen LogP contribution in [0.25, 0.3) is 0 Å². The number of carbonyl (C=O) groups excluding carboxylic acids is 1. The van der Waals surface area contributed by atoms with Crippen molar-refractivity contribution >= 4 is 33.1 Å². The van der Waals surface area contributed by atoms with Crippen LogP contribution in [0.5, 0.6) is 0 Å². The fraction of sp³-hybridized carbons (Fsp3) is 0.0952. The number of nitriles is 1. The fourth-order valence-electron chi connectivity index (χ4n) is 2.48. The highest BCUT2D eigenvalue weighted by atomic mass is 32.2. The van der Waals surface area contributed by atoms with Crippen LogP contribution in [0.15, 0.2) is 75.8 Å². The number of benzene rings is 2. The van der Waals surface area contributed by atoms with E-state index in [2.05, 4.69) is 20.5 Å². The molecule has 3 rings (SSSR count). The van der Waals surface area contributed by atoms with E-state index in [1.54, 1.807) is 19.1 Å². The van der Waals surface area contributed by atoms with Gasteiger partial charge in [0.05, 0.1) is 4.90 Å². The SMILES string of the molecule is Cc1ccc(NC(=O)/C(C#N)=C\Nc2ccc(S(=O)(=O)Nc3cc(C)on3)cc2)cc1. The lowest BCUT2D eigenvalue weighted by atomic mass is 10.2. The average Bonchev–Trinajstić information content (AvgIpc) is 3.14. The van der Waals surface area contributed by atoms with E-state index in [1.807, 2.05) is 25.1 Å². The maximum Gasteiger partial charge on any atom is 0.267 e. The summed E-state index contributed by atoms with van der Waals surface area (Å²) in [7, 11) is -3.84. The summed E-state index contributed by atoms with van der Waals surface area (Å²) in [6, 6.07) is 16.2. The van der Waals surface area contributed by atoms with Crippen molar-refractivity contribution in [1.82, 2.24) is 5.16 Å². The van der Waals surface area contributed by atoms with Crippen LogP contribution >= 0.6 is 0 Å². The quantitative estimate of drug-likeness (QED) is 0.380. The topological polar surface area (TPSA) is 137 Å². The average molecular weight is 437 g/mol. The van der Waals surface area contributed by atoms with Crippen molar-refractivity contribution in [2.24, 2.45) is 0 Å². The summed E-state index contributed by atoms with van der Waals surface area (Å²) >= 11 is 0. The van der Waals surface area contributed by atoms with Gasteiger partial charge in [-0.3, -0.25) is 9.52 Å². The molecule has 10 heteroatoms. The molecule has 1 heterocycles. The van der Waals surface area contributed by atoms with Crippen molar-refractivity contribution in [3.05, 3.63) is 77.7 Å². The van der Waals surface area contributed by atoms with Crippen molar-refractivity contribution < 1.29 is 17.7 Å². The number of hydrogen-bond acceptors (Lipinski definition) is 7. The fourth-order valence-corrected chi connectivity index (χ4v) is 3.46. The zero-order valence-corrected chi connectivity index (χ0v) is 17.5. The Bertz CT molecular complexity index is 1250. The molecule has 1 amide bonds. The third kappa shape index (κ3) is 5.71. The molecular formula is C21H19N5O4S. The number of amides is 1. The monoisotopic (exact) mass is 437 g/mol. The van der Waals surface area contributed by atoms with Crippen LogP contribution in [-0.2, 0) is 14.8 Å². The zero-order chi connectivity index (χ0) is 22.4. The first-order valence-electron chi connectivity index (χ1n) is 9.08. The van der Waals surface area contributed by atoms with Gasteiger partial charge in [0.2, 0.25) is 0 Å². The first-order valence-corrected chi connectivity index (χ1v) is 10.6. The Kier molecular flexibility index (Phi) is 6.37. The molecule has 0 aliphatic carbocycles. The summed E-state index contributed by atoms with van der Waals surface area (Å²) < 4.78 is 31.9. The van der Waals surface area contributed by atoms with Crippen molar-refractivity contribution in [3.63, 3.8) is 0 Å². The second-order valence-corrected chi connectivity index (χ2v) is 8.27. The molecule has 0 saturated heterocycles. The summed E-state index contributed by atoms with van der Waals surface area (Å²) in [5, 5.41) is 18.3. The van der Waals surface area contributed by atoms with Gasteiger partial charge in [-0.1, -0.05) is 22.9 Å². The van der Waals surface area contributed by atoms with Gasteiger partial charge in [-0.15, -0.1) is 0 Å². The number of sulfonamides is 1. The Balaban J connectivity index is 1.66. The number of aryl methyl sites for hydroxylation is 2. The molecule has 0 bridgehead atoms. The van der Waals surface area contributed by atoms with E-state index >= 15 is 0 Å². The van der Waals surface area contributed by atoms with Gasteiger partial charge >= 0.3 is 0 Å².